The Morgan fingerprint density at radius 2 is 2.06 bits per heavy atom. The molecule has 0 rings (SSSR count). The van der Waals surface area contributed by atoms with Crippen molar-refractivity contribution in [1.82, 2.24) is 4.90 Å². The summed E-state index contributed by atoms with van der Waals surface area (Å²) in [7, 11) is 3.83. The van der Waals surface area contributed by atoms with Gasteiger partial charge in [0.05, 0.1) is 25.4 Å². The van der Waals surface area contributed by atoms with Crippen molar-refractivity contribution < 1.29 is 9.53 Å². The van der Waals surface area contributed by atoms with E-state index in [1.807, 2.05) is 25.9 Å². The van der Waals surface area contributed by atoms with Crippen LogP contribution in [0.5, 0.6) is 0 Å². The molecular weight excluding hydrogens is 204 g/mol. The molecule has 0 saturated heterocycles. The average Bonchev–Trinajstić information content (AvgIpc) is 2.13. The molecular formula is C12H24N2O2. The Balaban J connectivity index is 4.25. The van der Waals surface area contributed by atoms with Gasteiger partial charge < -0.3 is 9.64 Å². The Bertz CT molecular complexity index is 225. The fourth-order valence-electron chi connectivity index (χ4n) is 1.38. The van der Waals surface area contributed by atoms with Crippen molar-refractivity contribution in [3.05, 3.63) is 0 Å². The molecule has 0 heterocycles. The van der Waals surface area contributed by atoms with Crippen LogP contribution in [0.15, 0.2) is 4.99 Å². The predicted octanol–water partition coefficient (Wildman–Crippen LogP) is 1.94. The highest BCUT2D eigenvalue weighted by molar-refractivity contribution is 5.70. The molecule has 0 aromatic heterocycles. The molecule has 1 atom stereocenters. The SMILES string of the molecule is CCOC(=O)CC(CC(C)C)N=CN(C)C. The van der Waals surface area contributed by atoms with Gasteiger partial charge in [0.25, 0.3) is 0 Å². The van der Waals surface area contributed by atoms with E-state index in [-0.39, 0.29) is 12.0 Å². The lowest BCUT2D eigenvalue weighted by atomic mass is 10.0. The monoisotopic (exact) mass is 228 g/mol. The number of nitrogens with zero attached hydrogens (tertiary/aromatic N) is 2. The first-order chi connectivity index (χ1) is 7.45. The summed E-state index contributed by atoms with van der Waals surface area (Å²) in [4.78, 5) is 17.6. The molecule has 0 amide bonds. The fourth-order valence-corrected chi connectivity index (χ4v) is 1.38. The van der Waals surface area contributed by atoms with E-state index in [1.165, 1.54) is 0 Å². The molecule has 94 valence electrons. The molecule has 0 aliphatic rings. The van der Waals surface area contributed by atoms with Crippen LogP contribution in [0.4, 0.5) is 0 Å². The van der Waals surface area contributed by atoms with Crippen LogP contribution < -0.4 is 0 Å². The van der Waals surface area contributed by atoms with Crippen LogP contribution in [0.1, 0.15) is 33.6 Å². The molecule has 1 unspecified atom stereocenters. The van der Waals surface area contributed by atoms with Gasteiger partial charge in [0.15, 0.2) is 0 Å². The van der Waals surface area contributed by atoms with Crippen molar-refractivity contribution in [2.75, 3.05) is 20.7 Å². The van der Waals surface area contributed by atoms with Gasteiger partial charge in [-0.2, -0.15) is 0 Å². The second-order valence-corrected chi connectivity index (χ2v) is 4.52. The maximum Gasteiger partial charge on any atom is 0.307 e. The molecule has 0 aromatic rings. The Kier molecular flexibility index (Phi) is 7.60. The number of hydrogen-bond acceptors (Lipinski definition) is 3. The molecule has 0 spiro atoms. The number of aliphatic imine (C=N–C) groups is 1. The number of ether oxygens (including phenoxy) is 1. The summed E-state index contributed by atoms with van der Waals surface area (Å²) in [6.45, 7) is 6.51. The number of hydrogen-bond donors (Lipinski definition) is 0. The maximum absolute atomic E-state index is 11.4. The van der Waals surface area contributed by atoms with Gasteiger partial charge in [-0.3, -0.25) is 9.79 Å². The van der Waals surface area contributed by atoms with Gasteiger partial charge in [0, 0.05) is 14.1 Å². The minimum atomic E-state index is -0.163. The zero-order valence-electron chi connectivity index (χ0n) is 11.1. The molecule has 4 heteroatoms. The van der Waals surface area contributed by atoms with Crippen molar-refractivity contribution in [3.63, 3.8) is 0 Å². The summed E-state index contributed by atoms with van der Waals surface area (Å²) in [6, 6.07) is 0.0291. The largest absolute Gasteiger partial charge is 0.466 e. The summed E-state index contributed by atoms with van der Waals surface area (Å²) >= 11 is 0. The van der Waals surface area contributed by atoms with Gasteiger partial charge in [-0.15, -0.1) is 0 Å². The number of carbonyl (C=O) groups excluding carboxylic acids is 1. The quantitative estimate of drug-likeness (QED) is 0.380. The first-order valence-electron chi connectivity index (χ1n) is 5.81. The van der Waals surface area contributed by atoms with Crippen LogP contribution in [-0.2, 0) is 9.53 Å². The second kappa shape index (κ2) is 8.13. The van der Waals surface area contributed by atoms with Crippen LogP contribution in [0.2, 0.25) is 0 Å². The van der Waals surface area contributed by atoms with Crippen LogP contribution in [0.25, 0.3) is 0 Å². The third-order valence-corrected chi connectivity index (χ3v) is 1.96. The number of carbonyl (C=O) groups is 1. The molecule has 0 aliphatic carbocycles. The van der Waals surface area contributed by atoms with E-state index < -0.39 is 0 Å². The van der Waals surface area contributed by atoms with Gasteiger partial charge in [0.2, 0.25) is 0 Å². The van der Waals surface area contributed by atoms with Crippen LogP contribution >= 0.6 is 0 Å². The van der Waals surface area contributed by atoms with E-state index in [9.17, 15) is 4.79 Å². The van der Waals surface area contributed by atoms with E-state index in [4.69, 9.17) is 4.74 Å². The Labute approximate surface area is 98.7 Å². The van der Waals surface area contributed by atoms with Crippen LogP contribution in [-0.4, -0.2) is 44.0 Å². The predicted molar refractivity (Wildman–Crippen MR) is 66.7 cm³/mol. The normalized spacial score (nSPS) is 13.1. The van der Waals surface area contributed by atoms with Gasteiger partial charge in [-0.25, -0.2) is 0 Å². The Morgan fingerprint density at radius 3 is 2.50 bits per heavy atom. The summed E-state index contributed by atoms with van der Waals surface area (Å²) in [5, 5.41) is 0. The molecule has 0 bridgehead atoms. The molecule has 0 N–H and O–H groups in total. The summed E-state index contributed by atoms with van der Waals surface area (Å²) < 4.78 is 4.93. The van der Waals surface area contributed by atoms with E-state index in [0.29, 0.717) is 18.9 Å². The summed E-state index contributed by atoms with van der Waals surface area (Å²) in [5.41, 5.74) is 0. The smallest absolute Gasteiger partial charge is 0.307 e. The van der Waals surface area contributed by atoms with Gasteiger partial charge in [-0.1, -0.05) is 13.8 Å². The number of rotatable bonds is 7. The molecule has 0 saturated carbocycles. The number of esters is 1. The van der Waals surface area contributed by atoms with Gasteiger partial charge in [0.1, 0.15) is 0 Å². The topological polar surface area (TPSA) is 41.9 Å². The van der Waals surface area contributed by atoms with Gasteiger partial charge >= 0.3 is 5.97 Å². The zero-order valence-corrected chi connectivity index (χ0v) is 11.1. The first-order valence-corrected chi connectivity index (χ1v) is 5.81. The molecule has 16 heavy (non-hydrogen) atoms. The minimum absolute atomic E-state index is 0.0291. The molecule has 4 nitrogen and oxygen atoms in total. The van der Waals surface area contributed by atoms with Crippen molar-refractivity contribution in [3.8, 4) is 0 Å². The van der Waals surface area contributed by atoms with Gasteiger partial charge in [-0.05, 0) is 19.3 Å². The van der Waals surface area contributed by atoms with E-state index in [2.05, 4.69) is 18.8 Å². The standard InChI is InChI=1S/C12H24N2O2/c1-6-16-12(15)8-11(7-10(2)3)13-9-14(4)5/h9-11H,6-8H2,1-5H3. The first kappa shape index (κ1) is 14.9. The van der Waals surface area contributed by atoms with Crippen molar-refractivity contribution >= 4 is 12.3 Å². The Hall–Kier alpha value is -1.06. The summed E-state index contributed by atoms with van der Waals surface area (Å²) in [6.07, 6.45) is 3.03. The molecule has 0 aromatic carbocycles. The fraction of sp³-hybridized carbons (Fsp3) is 0.833. The summed E-state index contributed by atoms with van der Waals surface area (Å²) in [5.74, 6) is 0.364. The van der Waals surface area contributed by atoms with Crippen LogP contribution in [0, 0.1) is 5.92 Å². The third-order valence-electron chi connectivity index (χ3n) is 1.96. The molecule has 0 fully saturated rings. The third kappa shape index (κ3) is 8.26. The Morgan fingerprint density at radius 1 is 1.44 bits per heavy atom. The average molecular weight is 228 g/mol. The highest BCUT2D eigenvalue weighted by atomic mass is 16.5. The maximum atomic E-state index is 11.4. The second-order valence-electron chi connectivity index (χ2n) is 4.52. The van der Waals surface area contributed by atoms with Crippen molar-refractivity contribution in [2.24, 2.45) is 10.9 Å². The van der Waals surface area contributed by atoms with E-state index in [0.717, 1.165) is 6.42 Å². The highest BCUT2D eigenvalue weighted by Gasteiger charge is 2.14. The van der Waals surface area contributed by atoms with E-state index in [1.54, 1.807) is 6.34 Å². The lowest BCUT2D eigenvalue weighted by molar-refractivity contribution is -0.143. The molecule has 0 aliphatic heterocycles. The zero-order chi connectivity index (χ0) is 12.6. The van der Waals surface area contributed by atoms with Crippen molar-refractivity contribution in [2.45, 2.75) is 39.7 Å². The highest BCUT2D eigenvalue weighted by Crippen LogP contribution is 2.12. The van der Waals surface area contributed by atoms with E-state index >= 15 is 0 Å². The van der Waals surface area contributed by atoms with Crippen molar-refractivity contribution in [1.29, 1.82) is 0 Å². The molecule has 0 radical (unpaired) electrons. The lowest BCUT2D eigenvalue weighted by Crippen LogP contribution is -2.19. The lowest BCUT2D eigenvalue weighted by Gasteiger charge is -2.15. The van der Waals surface area contributed by atoms with Crippen LogP contribution in [0.3, 0.4) is 0 Å². The minimum Gasteiger partial charge on any atom is -0.466 e.